The number of anilines is 1. The molecule has 0 fully saturated rings. The minimum absolute atomic E-state index is 0.165. The van der Waals surface area contributed by atoms with Crippen molar-refractivity contribution in [1.82, 2.24) is 5.32 Å². The molecule has 6 nitrogen and oxygen atoms in total. The fraction of sp³-hybridized carbons (Fsp3) is 0.150. The molecule has 2 amide bonds. The highest BCUT2D eigenvalue weighted by molar-refractivity contribution is 6.09. The van der Waals surface area contributed by atoms with Gasteiger partial charge in [-0.1, -0.05) is 12.0 Å². The molecule has 0 aliphatic rings. The molecule has 2 rings (SSSR count). The molecular formula is C20H18N2O4. The Morgan fingerprint density at radius 2 is 1.77 bits per heavy atom. The zero-order chi connectivity index (χ0) is 19.1. The molecule has 0 saturated carbocycles. The molecule has 0 heterocycles. The molecule has 2 aromatic carbocycles. The third-order valence-corrected chi connectivity index (χ3v) is 3.70. The second-order valence-corrected chi connectivity index (χ2v) is 5.33. The van der Waals surface area contributed by atoms with E-state index >= 15 is 0 Å². The van der Waals surface area contributed by atoms with Gasteiger partial charge in [0.2, 0.25) is 5.91 Å². The number of hydrogen-bond donors (Lipinski definition) is 1. The lowest BCUT2D eigenvalue weighted by molar-refractivity contribution is -0.119. The van der Waals surface area contributed by atoms with Crippen molar-refractivity contribution in [2.24, 2.45) is 0 Å². The maximum atomic E-state index is 12.9. The largest absolute Gasteiger partial charge is 0.465 e. The monoisotopic (exact) mass is 350 g/mol. The van der Waals surface area contributed by atoms with E-state index in [1.54, 1.807) is 24.3 Å². The fourth-order valence-electron chi connectivity index (χ4n) is 2.29. The van der Waals surface area contributed by atoms with Crippen LogP contribution < -0.4 is 10.2 Å². The maximum absolute atomic E-state index is 12.9. The first-order chi connectivity index (χ1) is 12.5. The average molecular weight is 350 g/mol. The van der Waals surface area contributed by atoms with Gasteiger partial charge in [-0.3, -0.25) is 14.5 Å². The molecular weight excluding hydrogens is 332 g/mol. The van der Waals surface area contributed by atoms with E-state index < -0.39 is 5.97 Å². The first kappa shape index (κ1) is 18.7. The van der Waals surface area contributed by atoms with Crippen LogP contribution in [0, 0.1) is 12.3 Å². The Kier molecular flexibility index (Phi) is 6.12. The molecule has 0 saturated heterocycles. The summed E-state index contributed by atoms with van der Waals surface area (Å²) >= 11 is 0. The summed E-state index contributed by atoms with van der Waals surface area (Å²) in [6.07, 6.45) is 5.42. The van der Waals surface area contributed by atoms with Gasteiger partial charge in [-0.15, -0.1) is 6.42 Å². The van der Waals surface area contributed by atoms with Gasteiger partial charge in [0.15, 0.2) is 0 Å². The van der Waals surface area contributed by atoms with Gasteiger partial charge in [-0.05, 0) is 42.5 Å². The Morgan fingerprint density at radius 1 is 1.12 bits per heavy atom. The third-order valence-electron chi connectivity index (χ3n) is 3.70. The zero-order valence-corrected chi connectivity index (χ0v) is 14.5. The van der Waals surface area contributed by atoms with Crippen molar-refractivity contribution in [1.29, 1.82) is 0 Å². The molecule has 0 bridgehead atoms. The summed E-state index contributed by atoms with van der Waals surface area (Å²) in [7, 11) is 2.78. The zero-order valence-electron chi connectivity index (χ0n) is 14.5. The van der Waals surface area contributed by atoms with Gasteiger partial charge in [0.1, 0.15) is 6.54 Å². The van der Waals surface area contributed by atoms with Crippen molar-refractivity contribution in [3.05, 3.63) is 65.2 Å². The van der Waals surface area contributed by atoms with Crippen molar-refractivity contribution in [3.63, 3.8) is 0 Å². The molecule has 2 aromatic rings. The van der Waals surface area contributed by atoms with Crippen LogP contribution >= 0.6 is 0 Å². The quantitative estimate of drug-likeness (QED) is 0.660. The van der Waals surface area contributed by atoms with Crippen LogP contribution in [0.4, 0.5) is 5.69 Å². The molecule has 132 valence electrons. The van der Waals surface area contributed by atoms with Crippen LogP contribution in [0.25, 0.3) is 0 Å². The number of esters is 1. The normalized spacial score (nSPS) is 9.73. The number of hydrogen-bond acceptors (Lipinski definition) is 4. The Bertz CT molecular complexity index is 866. The molecule has 6 heteroatoms. The van der Waals surface area contributed by atoms with Gasteiger partial charge in [0, 0.05) is 23.9 Å². The van der Waals surface area contributed by atoms with Gasteiger partial charge in [0.25, 0.3) is 5.91 Å². The van der Waals surface area contributed by atoms with E-state index in [0.29, 0.717) is 22.4 Å². The Labute approximate surface area is 151 Å². The first-order valence-corrected chi connectivity index (χ1v) is 7.77. The number of nitrogens with zero attached hydrogens (tertiary/aromatic N) is 1. The molecule has 0 aliphatic heterocycles. The van der Waals surface area contributed by atoms with E-state index in [-0.39, 0.29) is 18.4 Å². The predicted molar refractivity (Wildman–Crippen MR) is 97.9 cm³/mol. The molecule has 0 aromatic heterocycles. The third kappa shape index (κ3) is 4.28. The van der Waals surface area contributed by atoms with E-state index in [2.05, 4.69) is 16.0 Å². The van der Waals surface area contributed by atoms with Gasteiger partial charge >= 0.3 is 5.97 Å². The Morgan fingerprint density at radius 3 is 2.35 bits per heavy atom. The number of carbonyl (C=O) groups is 3. The van der Waals surface area contributed by atoms with Crippen LogP contribution in [0.15, 0.2) is 48.5 Å². The summed E-state index contributed by atoms with van der Waals surface area (Å²) in [4.78, 5) is 37.6. The van der Waals surface area contributed by atoms with Crippen LogP contribution in [0.1, 0.15) is 26.3 Å². The smallest absolute Gasteiger partial charge is 0.337 e. The number of methoxy groups -OCH3 is 1. The summed E-state index contributed by atoms with van der Waals surface area (Å²) in [6, 6.07) is 12.8. The van der Waals surface area contributed by atoms with E-state index in [1.807, 2.05) is 0 Å². The molecule has 0 atom stereocenters. The van der Waals surface area contributed by atoms with Crippen LogP contribution in [0.5, 0.6) is 0 Å². The SMILES string of the molecule is C#Cc1cccc(N(CC(=O)NC)C(=O)c2ccc(C(=O)OC)cc2)c1. The topological polar surface area (TPSA) is 75.7 Å². The summed E-state index contributed by atoms with van der Waals surface area (Å²) in [6.45, 7) is -0.165. The second kappa shape index (κ2) is 8.49. The van der Waals surface area contributed by atoms with Crippen LogP contribution in [0.2, 0.25) is 0 Å². The fourth-order valence-corrected chi connectivity index (χ4v) is 2.29. The van der Waals surface area contributed by atoms with E-state index in [1.165, 1.54) is 43.3 Å². The van der Waals surface area contributed by atoms with Crippen LogP contribution in [-0.4, -0.2) is 38.5 Å². The number of amides is 2. The lowest BCUT2D eigenvalue weighted by Gasteiger charge is -2.22. The lowest BCUT2D eigenvalue weighted by atomic mass is 10.1. The number of nitrogens with one attached hydrogen (secondary N) is 1. The number of terminal acetylenes is 1. The summed E-state index contributed by atoms with van der Waals surface area (Å²) in [5.41, 5.74) is 1.76. The van der Waals surface area contributed by atoms with Gasteiger partial charge in [-0.25, -0.2) is 4.79 Å². The highest BCUT2D eigenvalue weighted by Crippen LogP contribution is 2.19. The highest BCUT2D eigenvalue weighted by Gasteiger charge is 2.21. The number of likely N-dealkylation sites (N-methyl/N-ethyl adjacent to an activating group) is 1. The van der Waals surface area contributed by atoms with Gasteiger partial charge in [0.05, 0.1) is 12.7 Å². The van der Waals surface area contributed by atoms with Crippen molar-refractivity contribution in [2.45, 2.75) is 0 Å². The molecule has 26 heavy (non-hydrogen) atoms. The van der Waals surface area contributed by atoms with E-state index in [4.69, 9.17) is 6.42 Å². The van der Waals surface area contributed by atoms with Gasteiger partial charge in [-0.2, -0.15) is 0 Å². The minimum Gasteiger partial charge on any atom is -0.465 e. The summed E-state index contributed by atoms with van der Waals surface area (Å²) in [5, 5.41) is 2.50. The highest BCUT2D eigenvalue weighted by atomic mass is 16.5. The van der Waals surface area contributed by atoms with E-state index in [9.17, 15) is 14.4 Å². The van der Waals surface area contributed by atoms with Crippen LogP contribution in [-0.2, 0) is 9.53 Å². The first-order valence-electron chi connectivity index (χ1n) is 7.77. The molecule has 0 unspecified atom stereocenters. The Hall–Kier alpha value is -3.59. The maximum Gasteiger partial charge on any atom is 0.337 e. The van der Waals surface area contributed by atoms with Crippen molar-refractivity contribution < 1.29 is 19.1 Å². The molecule has 0 aliphatic carbocycles. The predicted octanol–water partition coefficient (Wildman–Crippen LogP) is 1.85. The molecule has 0 spiro atoms. The lowest BCUT2D eigenvalue weighted by Crippen LogP contribution is -2.39. The Balaban J connectivity index is 2.38. The average Bonchev–Trinajstić information content (AvgIpc) is 2.70. The minimum atomic E-state index is -0.493. The van der Waals surface area contributed by atoms with Gasteiger partial charge < -0.3 is 10.1 Å². The van der Waals surface area contributed by atoms with Crippen LogP contribution in [0.3, 0.4) is 0 Å². The number of benzene rings is 2. The van der Waals surface area contributed by atoms with Crippen molar-refractivity contribution >= 4 is 23.5 Å². The molecule has 0 radical (unpaired) electrons. The van der Waals surface area contributed by atoms with E-state index in [0.717, 1.165) is 0 Å². The standard InChI is InChI=1S/C20H18N2O4/c1-4-14-6-5-7-17(12-14)22(13-18(23)21-2)19(24)15-8-10-16(11-9-15)20(25)26-3/h1,5-12H,13H2,2-3H3,(H,21,23). The van der Waals surface area contributed by atoms with Crippen molar-refractivity contribution in [3.8, 4) is 12.3 Å². The summed E-state index contributed by atoms with van der Waals surface area (Å²) in [5.74, 6) is 1.30. The number of ether oxygens (including phenoxy) is 1. The number of rotatable bonds is 5. The molecule has 1 N–H and O–H groups in total. The summed E-state index contributed by atoms with van der Waals surface area (Å²) < 4.78 is 4.64. The van der Waals surface area contributed by atoms with Crippen molar-refractivity contribution in [2.75, 3.05) is 25.6 Å². The second-order valence-electron chi connectivity index (χ2n) is 5.33. The number of carbonyl (C=O) groups excluding carboxylic acids is 3.